The lowest BCUT2D eigenvalue weighted by atomic mass is 10.1. The van der Waals surface area contributed by atoms with Crippen LogP contribution in [-0.2, 0) is 13.5 Å². The predicted octanol–water partition coefficient (Wildman–Crippen LogP) is 11.6. The summed E-state index contributed by atoms with van der Waals surface area (Å²) in [6.45, 7) is 11.7. The molecule has 6 heteroatoms. The molecule has 4 aromatic rings. The van der Waals surface area contributed by atoms with Crippen molar-refractivity contribution in [3.8, 4) is 19.5 Å². The van der Waals surface area contributed by atoms with Crippen molar-refractivity contribution in [2.75, 3.05) is 0 Å². The largest absolute Gasteiger partial charge is 0.267 e. The molecule has 0 spiro atoms. The molecule has 0 aromatic carbocycles. The van der Waals surface area contributed by atoms with E-state index in [1.54, 1.807) is 14.9 Å². The molecule has 0 fully saturated rings. The molecule has 0 saturated heterocycles. The minimum absolute atomic E-state index is 1.11. The number of hydrogen-bond donors (Lipinski definition) is 0. The van der Waals surface area contributed by atoms with Gasteiger partial charge in [-0.15, -0.1) is 34.0 Å². The van der Waals surface area contributed by atoms with E-state index >= 15 is 0 Å². The summed E-state index contributed by atoms with van der Waals surface area (Å²) in [5, 5.41) is 10.2. The Morgan fingerprint density at radius 1 is 0.667 bits per heavy atom. The quantitative estimate of drug-likeness (QED) is 0.0783. The van der Waals surface area contributed by atoms with Gasteiger partial charge in [0.1, 0.15) is 8.07 Å². The van der Waals surface area contributed by atoms with Gasteiger partial charge in [0.25, 0.3) is 0 Å². The number of hydrogen-bond acceptors (Lipinski definition) is 4. The van der Waals surface area contributed by atoms with E-state index in [1.165, 1.54) is 138 Å². The standard InChI is InChI=1S/C36H54N2S3Si/c1-7-10-13-16-17-18-21-28-32-33(38(6)37-28)27(5)40-34(32)29-25-31-36(41-29)35-30(24-26(4)39-35)42(31,22-19-14-11-8-2)23-20-15-12-9-3/h24-25H,7-23H2,1-6H3. The third-order valence-electron chi connectivity index (χ3n) is 9.67. The Morgan fingerprint density at radius 3 is 1.90 bits per heavy atom. The van der Waals surface area contributed by atoms with Crippen molar-refractivity contribution in [2.45, 2.75) is 143 Å². The van der Waals surface area contributed by atoms with Crippen molar-refractivity contribution < 1.29 is 0 Å². The van der Waals surface area contributed by atoms with E-state index < -0.39 is 8.07 Å². The highest BCUT2D eigenvalue weighted by Gasteiger charge is 2.47. The fraction of sp³-hybridized carbons (Fsp3) is 0.639. The van der Waals surface area contributed by atoms with Crippen LogP contribution in [0.2, 0.25) is 12.1 Å². The first-order valence-corrected chi connectivity index (χ1v) is 22.0. The average molecular weight is 639 g/mol. The Hall–Kier alpha value is -1.21. The number of aromatic nitrogens is 2. The number of fused-ring (bicyclic) bond motifs is 4. The summed E-state index contributed by atoms with van der Waals surface area (Å²) < 4.78 is 2.18. The lowest BCUT2D eigenvalue weighted by Gasteiger charge is -2.29. The first kappa shape index (κ1) is 32.2. The fourth-order valence-electron chi connectivity index (χ4n) is 7.48. The molecule has 0 amide bonds. The van der Waals surface area contributed by atoms with E-state index in [4.69, 9.17) is 5.10 Å². The van der Waals surface area contributed by atoms with Crippen LogP contribution >= 0.6 is 34.0 Å². The van der Waals surface area contributed by atoms with Crippen molar-refractivity contribution in [2.24, 2.45) is 7.05 Å². The summed E-state index contributed by atoms with van der Waals surface area (Å²) in [4.78, 5) is 9.27. The second-order valence-corrected chi connectivity index (χ2v) is 20.7. The Bertz CT molecular complexity index is 1440. The van der Waals surface area contributed by atoms with Crippen LogP contribution in [0.5, 0.6) is 0 Å². The van der Waals surface area contributed by atoms with Crippen LogP contribution in [0.3, 0.4) is 0 Å². The van der Waals surface area contributed by atoms with Crippen molar-refractivity contribution in [3.05, 3.63) is 27.6 Å². The van der Waals surface area contributed by atoms with Crippen molar-refractivity contribution in [1.82, 2.24) is 9.78 Å². The van der Waals surface area contributed by atoms with Crippen LogP contribution < -0.4 is 10.4 Å². The zero-order valence-electron chi connectivity index (χ0n) is 27.3. The summed E-state index contributed by atoms with van der Waals surface area (Å²) in [5.74, 6) is 0. The van der Waals surface area contributed by atoms with Crippen molar-refractivity contribution in [1.29, 1.82) is 0 Å². The van der Waals surface area contributed by atoms with E-state index in [1.807, 2.05) is 16.5 Å². The molecule has 0 bridgehead atoms. The monoisotopic (exact) mass is 638 g/mol. The van der Waals surface area contributed by atoms with E-state index in [0.29, 0.717) is 0 Å². The molecule has 1 aliphatic rings. The number of nitrogens with zero attached hydrogens (tertiary/aromatic N) is 2. The number of rotatable bonds is 18. The van der Waals surface area contributed by atoms with Gasteiger partial charge in [-0.2, -0.15) is 5.10 Å². The van der Waals surface area contributed by atoms with Gasteiger partial charge >= 0.3 is 0 Å². The molecule has 5 heterocycles. The molecule has 42 heavy (non-hydrogen) atoms. The fourth-order valence-corrected chi connectivity index (χ4v) is 18.1. The number of thiophene rings is 3. The molecule has 0 aliphatic carbocycles. The lowest BCUT2D eigenvalue weighted by Crippen LogP contribution is -2.54. The Labute approximate surface area is 269 Å². The van der Waals surface area contributed by atoms with Crippen LogP contribution in [0.25, 0.3) is 30.4 Å². The zero-order valence-corrected chi connectivity index (χ0v) is 30.7. The third-order valence-corrected chi connectivity index (χ3v) is 18.9. The summed E-state index contributed by atoms with van der Waals surface area (Å²) in [7, 11) is 0.396. The summed E-state index contributed by atoms with van der Waals surface area (Å²) in [6, 6.07) is 8.24. The summed E-state index contributed by atoms with van der Waals surface area (Å²) >= 11 is 6.23. The van der Waals surface area contributed by atoms with E-state index in [9.17, 15) is 0 Å². The highest BCUT2D eigenvalue weighted by atomic mass is 32.1. The number of unbranched alkanes of at least 4 members (excludes halogenated alkanes) is 11. The van der Waals surface area contributed by atoms with Gasteiger partial charge in [-0.1, -0.05) is 104 Å². The average Bonchev–Trinajstić information content (AvgIpc) is 3.76. The molecule has 0 N–H and O–H groups in total. The van der Waals surface area contributed by atoms with Gasteiger partial charge in [0.15, 0.2) is 0 Å². The highest BCUT2D eigenvalue weighted by Crippen LogP contribution is 2.49. The highest BCUT2D eigenvalue weighted by molar-refractivity contribution is 7.32. The second kappa shape index (κ2) is 14.7. The van der Waals surface area contributed by atoms with Gasteiger partial charge in [-0.3, -0.25) is 4.68 Å². The molecule has 0 atom stereocenters. The van der Waals surface area contributed by atoms with Crippen LogP contribution in [-0.4, -0.2) is 17.9 Å². The Morgan fingerprint density at radius 2 is 1.24 bits per heavy atom. The smallest absolute Gasteiger partial charge is 0.122 e. The van der Waals surface area contributed by atoms with Crippen LogP contribution in [0.15, 0.2) is 12.1 Å². The third kappa shape index (κ3) is 6.43. The van der Waals surface area contributed by atoms with Gasteiger partial charge in [0.05, 0.1) is 16.1 Å². The lowest BCUT2D eigenvalue weighted by molar-refractivity contribution is 0.602. The first-order valence-electron chi connectivity index (χ1n) is 17.2. The molecule has 5 rings (SSSR count). The van der Waals surface area contributed by atoms with Gasteiger partial charge in [0.2, 0.25) is 0 Å². The van der Waals surface area contributed by atoms with Crippen LogP contribution in [0, 0.1) is 13.8 Å². The normalized spacial score (nSPS) is 13.9. The molecule has 4 aromatic heterocycles. The molecule has 0 unspecified atom stereocenters. The second-order valence-electron chi connectivity index (χ2n) is 13.0. The number of aryl methyl sites for hydroxylation is 4. The van der Waals surface area contributed by atoms with Crippen LogP contribution in [0.4, 0.5) is 0 Å². The predicted molar refractivity (Wildman–Crippen MR) is 195 cm³/mol. The van der Waals surface area contributed by atoms with Gasteiger partial charge in [0, 0.05) is 36.8 Å². The maximum absolute atomic E-state index is 5.12. The van der Waals surface area contributed by atoms with E-state index in [0.717, 1.165) is 6.42 Å². The van der Waals surface area contributed by atoms with Gasteiger partial charge < -0.3 is 0 Å². The SMILES string of the molecule is CCCCCCCCc1nn(C)c2c(C)sc(-c3cc4c(s3)-c3sc(C)cc3[Si]4(CCCCCC)CCCCCC)c12. The molecule has 230 valence electrons. The molecular formula is C36H54N2S3Si. The topological polar surface area (TPSA) is 17.8 Å². The van der Waals surface area contributed by atoms with Crippen LogP contribution in [0.1, 0.15) is 126 Å². The molecule has 0 saturated carbocycles. The minimum atomic E-state index is -1.77. The summed E-state index contributed by atoms with van der Waals surface area (Å²) in [6.07, 6.45) is 20.1. The van der Waals surface area contributed by atoms with Gasteiger partial charge in [-0.25, -0.2) is 0 Å². The van der Waals surface area contributed by atoms with E-state index in [-0.39, 0.29) is 0 Å². The van der Waals surface area contributed by atoms with Crippen molar-refractivity contribution >= 4 is 63.4 Å². The summed E-state index contributed by atoms with van der Waals surface area (Å²) in [5.41, 5.74) is 2.71. The Balaban J connectivity index is 1.52. The molecule has 2 nitrogen and oxygen atoms in total. The maximum atomic E-state index is 5.12. The first-order chi connectivity index (χ1) is 20.4. The molecular weight excluding hydrogens is 585 g/mol. The van der Waals surface area contributed by atoms with Gasteiger partial charge in [-0.05, 0) is 61.3 Å². The van der Waals surface area contributed by atoms with Crippen molar-refractivity contribution in [3.63, 3.8) is 0 Å². The van der Waals surface area contributed by atoms with E-state index in [2.05, 4.69) is 81.2 Å². The molecule has 1 aliphatic heterocycles. The maximum Gasteiger partial charge on any atom is 0.122 e. The molecule has 0 radical (unpaired) electrons. The minimum Gasteiger partial charge on any atom is -0.267 e. The Kier molecular flexibility index (Phi) is 11.3. The zero-order chi connectivity index (χ0) is 29.7.